The zero-order valence-corrected chi connectivity index (χ0v) is 20.2. The molecule has 0 aliphatic carbocycles. The van der Waals surface area contributed by atoms with Gasteiger partial charge in [0.15, 0.2) is 6.61 Å². The van der Waals surface area contributed by atoms with Crippen LogP contribution in [-0.4, -0.2) is 30.4 Å². The molecule has 3 aromatic rings. The maximum Gasteiger partial charge on any atom is 0.258 e. The Kier molecular flexibility index (Phi) is 9.73. The minimum Gasteiger partial charge on any atom is -0.484 e. The fourth-order valence-corrected chi connectivity index (χ4v) is 3.89. The minimum atomic E-state index is -0.190. The molecule has 2 amide bonds. The second kappa shape index (κ2) is 13.2. The lowest BCUT2D eigenvalue weighted by atomic mass is 10.1. The van der Waals surface area contributed by atoms with Crippen molar-refractivity contribution in [1.82, 2.24) is 10.7 Å². The van der Waals surface area contributed by atoms with Crippen molar-refractivity contribution in [2.45, 2.75) is 31.2 Å². The Morgan fingerprint density at radius 1 is 0.971 bits per heavy atom. The second-order valence-electron chi connectivity index (χ2n) is 7.76. The highest BCUT2D eigenvalue weighted by Gasteiger charge is 2.09. The summed E-state index contributed by atoms with van der Waals surface area (Å²) in [5, 5.41) is 6.92. The smallest absolute Gasteiger partial charge is 0.258 e. The first kappa shape index (κ1) is 25.1. The van der Waals surface area contributed by atoms with Gasteiger partial charge in [0.25, 0.3) is 5.91 Å². The number of carbonyl (C=O) groups excluding carboxylic acids is 2. The normalized spacial score (nSPS) is 11.7. The van der Waals surface area contributed by atoms with Crippen LogP contribution < -0.4 is 15.5 Å². The summed E-state index contributed by atoms with van der Waals surface area (Å²) >= 11 is 1.64. The molecule has 0 unspecified atom stereocenters. The summed E-state index contributed by atoms with van der Waals surface area (Å²) in [5.41, 5.74) is 5.61. The third-order valence-electron chi connectivity index (χ3n) is 4.95. The summed E-state index contributed by atoms with van der Waals surface area (Å²) < 4.78 is 5.56. The molecule has 0 fully saturated rings. The Hall–Kier alpha value is -3.58. The first-order valence-electron chi connectivity index (χ1n) is 11.1. The zero-order valence-electron chi connectivity index (χ0n) is 19.4. The van der Waals surface area contributed by atoms with Crippen molar-refractivity contribution in [1.29, 1.82) is 0 Å². The van der Waals surface area contributed by atoms with E-state index < -0.39 is 0 Å². The van der Waals surface area contributed by atoms with Crippen molar-refractivity contribution in [2.75, 3.05) is 12.4 Å². The van der Waals surface area contributed by atoms with E-state index in [2.05, 4.69) is 40.1 Å². The number of thioether (sulfide) groups is 1. The van der Waals surface area contributed by atoms with E-state index in [4.69, 9.17) is 4.74 Å². The molecule has 0 heterocycles. The molecular weight excluding hydrogens is 446 g/mol. The molecule has 3 aromatic carbocycles. The Morgan fingerprint density at radius 2 is 1.68 bits per heavy atom. The monoisotopic (exact) mass is 475 g/mol. The van der Waals surface area contributed by atoms with Crippen molar-refractivity contribution in [3.63, 3.8) is 0 Å². The van der Waals surface area contributed by atoms with Gasteiger partial charge in [0.1, 0.15) is 5.75 Å². The van der Waals surface area contributed by atoms with Gasteiger partial charge in [0.05, 0.1) is 12.3 Å². The van der Waals surface area contributed by atoms with Crippen LogP contribution in [0.1, 0.15) is 36.1 Å². The zero-order chi connectivity index (χ0) is 24.2. The molecule has 34 heavy (non-hydrogen) atoms. The number of hydrazone groups is 1. The van der Waals surface area contributed by atoms with Crippen LogP contribution in [0.3, 0.4) is 0 Å². The van der Waals surface area contributed by atoms with Crippen LogP contribution in [0.15, 0.2) is 88.9 Å². The van der Waals surface area contributed by atoms with Gasteiger partial charge in [-0.25, -0.2) is 5.43 Å². The number of hydrogen-bond acceptors (Lipinski definition) is 5. The molecule has 7 heteroatoms. The number of amides is 2. The Bertz CT molecular complexity index is 1080. The molecule has 0 aliphatic heterocycles. The summed E-state index contributed by atoms with van der Waals surface area (Å²) in [6.45, 7) is 3.91. The van der Waals surface area contributed by atoms with Gasteiger partial charge in [0.2, 0.25) is 5.91 Å². The van der Waals surface area contributed by atoms with Crippen LogP contribution in [0, 0.1) is 6.92 Å². The van der Waals surface area contributed by atoms with Gasteiger partial charge < -0.3 is 10.1 Å². The van der Waals surface area contributed by atoms with Crippen LogP contribution in [0.4, 0.5) is 0 Å². The highest BCUT2D eigenvalue weighted by atomic mass is 32.2. The highest BCUT2D eigenvalue weighted by molar-refractivity contribution is 7.99. The number of nitrogens with zero attached hydrogens (tertiary/aromatic N) is 1. The number of nitrogens with one attached hydrogen (secondary N) is 2. The number of aryl methyl sites for hydroxylation is 1. The average Bonchev–Trinajstić information content (AvgIpc) is 2.85. The largest absolute Gasteiger partial charge is 0.484 e. The summed E-state index contributed by atoms with van der Waals surface area (Å²) in [7, 11) is 0. The first-order valence-corrected chi connectivity index (χ1v) is 12.1. The van der Waals surface area contributed by atoms with Crippen molar-refractivity contribution in [2.24, 2.45) is 5.10 Å². The van der Waals surface area contributed by atoms with Crippen LogP contribution in [-0.2, 0) is 9.59 Å². The van der Waals surface area contributed by atoms with E-state index >= 15 is 0 Å². The summed E-state index contributed by atoms with van der Waals surface area (Å²) in [4.78, 5) is 25.2. The molecule has 3 rings (SSSR count). The number of carbonyl (C=O) groups is 2. The molecule has 0 bridgehead atoms. The fourth-order valence-electron chi connectivity index (χ4n) is 3.04. The summed E-state index contributed by atoms with van der Waals surface area (Å²) in [5.74, 6) is 0.947. The number of hydrogen-bond donors (Lipinski definition) is 2. The molecule has 0 saturated heterocycles. The number of rotatable bonds is 11. The first-order chi connectivity index (χ1) is 16.5. The molecule has 6 nitrogen and oxygen atoms in total. The van der Waals surface area contributed by atoms with Gasteiger partial charge in [-0.05, 0) is 61.4 Å². The van der Waals surface area contributed by atoms with E-state index in [-0.39, 0.29) is 24.5 Å². The standard InChI is InChI=1S/C27H29N3O3S/c1-20-8-14-25(15-9-20)34-17-16-26(31)30-28-18-22-10-12-24(13-11-22)33-19-27(32)29-21(2)23-6-4-3-5-7-23/h3-15,18,21H,16-17,19H2,1-2H3,(H,29,32)(H,30,31)/b28-18-/t21-/m1/s1. The lowest BCUT2D eigenvalue weighted by Gasteiger charge is -2.14. The second-order valence-corrected chi connectivity index (χ2v) is 8.93. The van der Waals surface area contributed by atoms with E-state index in [1.165, 1.54) is 5.56 Å². The van der Waals surface area contributed by atoms with Gasteiger partial charge in [-0.2, -0.15) is 5.10 Å². The third kappa shape index (κ3) is 8.75. The molecule has 0 saturated carbocycles. The molecular formula is C27H29N3O3S. The minimum absolute atomic E-state index is 0.0682. The van der Waals surface area contributed by atoms with Crippen molar-refractivity contribution >= 4 is 29.8 Å². The Balaban J connectivity index is 1.34. The van der Waals surface area contributed by atoms with E-state index in [1.54, 1.807) is 30.1 Å². The topological polar surface area (TPSA) is 79.8 Å². The maximum absolute atomic E-state index is 12.1. The maximum atomic E-state index is 12.1. The van der Waals surface area contributed by atoms with Gasteiger partial charge in [-0.15, -0.1) is 11.8 Å². The number of benzene rings is 3. The van der Waals surface area contributed by atoms with Gasteiger partial charge >= 0.3 is 0 Å². The summed E-state index contributed by atoms with van der Waals surface area (Å²) in [6, 6.07) is 25.0. The third-order valence-corrected chi connectivity index (χ3v) is 5.96. The molecule has 0 spiro atoms. The predicted octanol–water partition coefficient (Wildman–Crippen LogP) is 4.88. The van der Waals surface area contributed by atoms with Crippen LogP contribution in [0.25, 0.3) is 0 Å². The van der Waals surface area contributed by atoms with Crippen LogP contribution in [0.5, 0.6) is 5.75 Å². The Labute approximate surface area is 204 Å². The van der Waals surface area contributed by atoms with E-state index in [1.807, 2.05) is 56.3 Å². The molecule has 0 aromatic heterocycles. The fraction of sp³-hybridized carbons (Fsp3) is 0.222. The molecule has 176 valence electrons. The Morgan fingerprint density at radius 3 is 2.38 bits per heavy atom. The van der Waals surface area contributed by atoms with Gasteiger partial charge in [-0.1, -0.05) is 48.0 Å². The van der Waals surface area contributed by atoms with Crippen molar-refractivity contribution < 1.29 is 14.3 Å². The number of ether oxygens (including phenoxy) is 1. The van der Waals surface area contributed by atoms with Crippen molar-refractivity contribution in [3.8, 4) is 5.75 Å². The van der Waals surface area contributed by atoms with Crippen molar-refractivity contribution in [3.05, 3.63) is 95.6 Å². The van der Waals surface area contributed by atoms with Gasteiger partial charge in [-0.3, -0.25) is 9.59 Å². The SMILES string of the molecule is Cc1ccc(SCCC(=O)N/N=C\c2ccc(OCC(=O)N[C@H](C)c3ccccc3)cc2)cc1. The van der Waals surface area contributed by atoms with Crippen LogP contribution >= 0.6 is 11.8 Å². The summed E-state index contributed by atoms with van der Waals surface area (Å²) in [6.07, 6.45) is 1.96. The average molecular weight is 476 g/mol. The predicted molar refractivity (Wildman–Crippen MR) is 137 cm³/mol. The lowest BCUT2D eigenvalue weighted by molar-refractivity contribution is -0.123. The van der Waals surface area contributed by atoms with E-state index in [9.17, 15) is 9.59 Å². The van der Waals surface area contributed by atoms with Crippen LogP contribution in [0.2, 0.25) is 0 Å². The molecule has 2 N–H and O–H groups in total. The van der Waals surface area contributed by atoms with E-state index in [0.717, 1.165) is 16.0 Å². The molecule has 1 atom stereocenters. The quantitative estimate of drug-likeness (QED) is 0.235. The van der Waals surface area contributed by atoms with Gasteiger partial charge in [0, 0.05) is 17.1 Å². The molecule has 0 radical (unpaired) electrons. The van der Waals surface area contributed by atoms with E-state index in [0.29, 0.717) is 17.9 Å². The molecule has 0 aliphatic rings. The lowest BCUT2D eigenvalue weighted by Crippen LogP contribution is -2.31. The highest BCUT2D eigenvalue weighted by Crippen LogP contribution is 2.19.